The molecular formula is C16H24N2O. The van der Waals surface area contributed by atoms with E-state index in [0.717, 1.165) is 37.9 Å². The Kier molecular flexibility index (Phi) is 3.95. The number of anilines is 1. The van der Waals surface area contributed by atoms with Gasteiger partial charge in [0.2, 0.25) is 5.91 Å². The molecule has 0 saturated carbocycles. The Bertz CT molecular complexity index is 480. The van der Waals surface area contributed by atoms with Gasteiger partial charge in [0.25, 0.3) is 0 Å². The van der Waals surface area contributed by atoms with Gasteiger partial charge >= 0.3 is 0 Å². The molecule has 1 unspecified atom stereocenters. The van der Waals surface area contributed by atoms with Crippen molar-refractivity contribution >= 4 is 11.6 Å². The molecular weight excluding hydrogens is 236 g/mol. The molecule has 0 radical (unpaired) electrons. The van der Waals surface area contributed by atoms with E-state index in [4.69, 9.17) is 5.73 Å². The number of benzene rings is 1. The van der Waals surface area contributed by atoms with Crippen molar-refractivity contribution in [3.63, 3.8) is 0 Å². The Balaban J connectivity index is 2.31. The second-order valence-electron chi connectivity index (χ2n) is 5.86. The van der Waals surface area contributed by atoms with E-state index < -0.39 is 5.54 Å². The molecule has 0 fully saturated rings. The molecule has 0 spiro atoms. The summed E-state index contributed by atoms with van der Waals surface area (Å²) in [5.74, 6) is 0.0548. The highest BCUT2D eigenvalue weighted by molar-refractivity contribution is 6.00. The second-order valence-corrected chi connectivity index (χ2v) is 5.86. The molecule has 1 atom stereocenters. The SMILES string of the molecule is CCCC(C)(N)C(=O)N1CCCc2cc(C)ccc21. The van der Waals surface area contributed by atoms with Crippen LogP contribution in [0.2, 0.25) is 0 Å². The largest absolute Gasteiger partial charge is 0.318 e. The van der Waals surface area contributed by atoms with Crippen LogP contribution in [0.15, 0.2) is 18.2 Å². The van der Waals surface area contributed by atoms with E-state index in [2.05, 4.69) is 32.0 Å². The molecule has 104 valence electrons. The Morgan fingerprint density at radius 2 is 2.21 bits per heavy atom. The van der Waals surface area contributed by atoms with E-state index in [-0.39, 0.29) is 5.91 Å². The van der Waals surface area contributed by atoms with Crippen LogP contribution in [0.1, 0.15) is 44.2 Å². The van der Waals surface area contributed by atoms with Gasteiger partial charge in [0.15, 0.2) is 0 Å². The minimum atomic E-state index is -0.756. The molecule has 0 aliphatic carbocycles. The molecule has 19 heavy (non-hydrogen) atoms. The number of aryl methyl sites for hydroxylation is 2. The van der Waals surface area contributed by atoms with Crippen molar-refractivity contribution in [2.75, 3.05) is 11.4 Å². The van der Waals surface area contributed by atoms with Gasteiger partial charge < -0.3 is 10.6 Å². The lowest BCUT2D eigenvalue weighted by atomic mass is 9.92. The lowest BCUT2D eigenvalue weighted by Crippen LogP contribution is -2.54. The van der Waals surface area contributed by atoms with Crippen molar-refractivity contribution in [2.45, 2.75) is 52.0 Å². The predicted molar refractivity (Wildman–Crippen MR) is 79.4 cm³/mol. The quantitative estimate of drug-likeness (QED) is 0.908. The van der Waals surface area contributed by atoms with Gasteiger partial charge in [-0.2, -0.15) is 0 Å². The first-order chi connectivity index (χ1) is 8.95. The highest BCUT2D eigenvalue weighted by atomic mass is 16.2. The van der Waals surface area contributed by atoms with Gasteiger partial charge in [0.1, 0.15) is 0 Å². The summed E-state index contributed by atoms with van der Waals surface area (Å²) in [4.78, 5) is 14.5. The van der Waals surface area contributed by atoms with Crippen LogP contribution in [0.5, 0.6) is 0 Å². The van der Waals surface area contributed by atoms with Crippen molar-refractivity contribution < 1.29 is 4.79 Å². The Labute approximate surface area is 115 Å². The standard InChI is InChI=1S/C16H24N2O/c1-4-9-16(3,17)15(19)18-10-5-6-13-11-12(2)7-8-14(13)18/h7-8,11H,4-6,9-10,17H2,1-3H3. The highest BCUT2D eigenvalue weighted by Gasteiger charge is 2.34. The van der Waals surface area contributed by atoms with Gasteiger partial charge in [-0.15, -0.1) is 0 Å². The van der Waals surface area contributed by atoms with Crippen LogP contribution in [0.4, 0.5) is 5.69 Å². The van der Waals surface area contributed by atoms with Gasteiger partial charge in [-0.1, -0.05) is 31.0 Å². The molecule has 1 amide bonds. The molecule has 1 aromatic rings. The van der Waals surface area contributed by atoms with E-state index in [9.17, 15) is 4.79 Å². The first-order valence-corrected chi connectivity index (χ1v) is 7.16. The summed E-state index contributed by atoms with van der Waals surface area (Å²) in [6.07, 6.45) is 3.72. The summed E-state index contributed by atoms with van der Waals surface area (Å²) in [5.41, 5.74) is 9.01. The lowest BCUT2D eigenvalue weighted by Gasteiger charge is -2.35. The van der Waals surface area contributed by atoms with Gasteiger partial charge in [-0.05, 0) is 44.7 Å². The van der Waals surface area contributed by atoms with Crippen LogP contribution in [0, 0.1) is 6.92 Å². The molecule has 2 N–H and O–H groups in total. The number of hydrogen-bond acceptors (Lipinski definition) is 2. The summed E-state index contributed by atoms with van der Waals surface area (Å²) in [7, 11) is 0. The number of hydrogen-bond donors (Lipinski definition) is 1. The zero-order valence-electron chi connectivity index (χ0n) is 12.2. The van der Waals surface area contributed by atoms with E-state index in [0.29, 0.717) is 0 Å². The molecule has 3 nitrogen and oxygen atoms in total. The number of nitrogens with two attached hydrogens (primary N) is 1. The van der Waals surface area contributed by atoms with E-state index >= 15 is 0 Å². The summed E-state index contributed by atoms with van der Waals surface area (Å²) in [6, 6.07) is 6.31. The Morgan fingerprint density at radius 1 is 1.47 bits per heavy atom. The van der Waals surface area contributed by atoms with Crippen LogP contribution in [-0.4, -0.2) is 18.0 Å². The van der Waals surface area contributed by atoms with Crippen LogP contribution < -0.4 is 10.6 Å². The van der Waals surface area contributed by atoms with E-state index in [1.807, 2.05) is 11.8 Å². The molecule has 3 heteroatoms. The summed E-state index contributed by atoms with van der Waals surface area (Å²) < 4.78 is 0. The maximum Gasteiger partial charge on any atom is 0.246 e. The maximum absolute atomic E-state index is 12.7. The predicted octanol–water partition coefficient (Wildman–Crippen LogP) is 2.79. The fourth-order valence-corrected chi connectivity index (χ4v) is 2.87. The third-order valence-electron chi connectivity index (χ3n) is 3.86. The third-order valence-corrected chi connectivity index (χ3v) is 3.86. The lowest BCUT2D eigenvalue weighted by molar-refractivity contribution is -0.123. The maximum atomic E-state index is 12.7. The van der Waals surface area contributed by atoms with Crippen molar-refractivity contribution in [3.05, 3.63) is 29.3 Å². The summed E-state index contributed by atoms with van der Waals surface area (Å²) in [5, 5.41) is 0. The third kappa shape index (κ3) is 2.81. The second kappa shape index (κ2) is 5.33. The van der Waals surface area contributed by atoms with Crippen LogP contribution in [0.3, 0.4) is 0 Å². The van der Waals surface area contributed by atoms with E-state index in [1.54, 1.807) is 0 Å². The minimum Gasteiger partial charge on any atom is -0.318 e. The zero-order valence-corrected chi connectivity index (χ0v) is 12.2. The zero-order chi connectivity index (χ0) is 14.0. The molecule has 0 aromatic heterocycles. The van der Waals surface area contributed by atoms with Crippen LogP contribution >= 0.6 is 0 Å². The smallest absolute Gasteiger partial charge is 0.246 e. The van der Waals surface area contributed by atoms with Gasteiger partial charge in [0, 0.05) is 12.2 Å². The first-order valence-electron chi connectivity index (χ1n) is 7.16. The van der Waals surface area contributed by atoms with Crippen molar-refractivity contribution in [1.82, 2.24) is 0 Å². The van der Waals surface area contributed by atoms with Crippen molar-refractivity contribution in [3.8, 4) is 0 Å². The fraction of sp³-hybridized carbons (Fsp3) is 0.562. The number of amides is 1. The Morgan fingerprint density at radius 3 is 2.89 bits per heavy atom. The topological polar surface area (TPSA) is 46.3 Å². The molecule has 0 saturated heterocycles. The van der Waals surface area contributed by atoms with E-state index in [1.165, 1.54) is 11.1 Å². The number of carbonyl (C=O) groups is 1. The van der Waals surface area contributed by atoms with Crippen molar-refractivity contribution in [1.29, 1.82) is 0 Å². The molecule has 2 rings (SSSR count). The first kappa shape index (κ1) is 14.1. The molecule has 1 heterocycles. The Hall–Kier alpha value is -1.35. The molecule has 1 aliphatic heterocycles. The van der Waals surface area contributed by atoms with Gasteiger partial charge in [-0.3, -0.25) is 4.79 Å². The van der Waals surface area contributed by atoms with Gasteiger partial charge in [-0.25, -0.2) is 0 Å². The summed E-state index contributed by atoms with van der Waals surface area (Å²) >= 11 is 0. The normalized spacial score (nSPS) is 17.8. The monoisotopic (exact) mass is 260 g/mol. The number of fused-ring (bicyclic) bond motifs is 1. The van der Waals surface area contributed by atoms with Crippen molar-refractivity contribution in [2.24, 2.45) is 5.73 Å². The fourth-order valence-electron chi connectivity index (χ4n) is 2.87. The average molecular weight is 260 g/mol. The van der Waals surface area contributed by atoms with Crippen LogP contribution in [-0.2, 0) is 11.2 Å². The molecule has 1 aliphatic rings. The average Bonchev–Trinajstić information content (AvgIpc) is 2.36. The number of rotatable bonds is 3. The molecule has 1 aromatic carbocycles. The minimum absolute atomic E-state index is 0.0548. The summed E-state index contributed by atoms with van der Waals surface area (Å²) in [6.45, 7) is 6.78. The van der Waals surface area contributed by atoms with Crippen LogP contribution in [0.25, 0.3) is 0 Å². The molecule has 0 bridgehead atoms. The van der Waals surface area contributed by atoms with Gasteiger partial charge in [0.05, 0.1) is 5.54 Å². The highest BCUT2D eigenvalue weighted by Crippen LogP contribution is 2.30. The number of nitrogens with zero attached hydrogens (tertiary/aromatic N) is 1. The number of carbonyl (C=O) groups excluding carboxylic acids is 1.